The second kappa shape index (κ2) is 11.3. The first-order chi connectivity index (χ1) is 16.6. The molecule has 1 aromatic heterocycles. The van der Waals surface area contributed by atoms with Crippen molar-refractivity contribution in [1.29, 1.82) is 0 Å². The third-order valence-electron chi connectivity index (χ3n) is 6.08. The highest BCUT2D eigenvalue weighted by Crippen LogP contribution is 2.38. The Morgan fingerprint density at radius 1 is 1.06 bits per heavy atom. The summed E-state index contributed by atoms with van der Waals surface area (Å²) in [5, 5.41) is 12.0. The van der Waals surface area contributed by atoms with Gasteiger partial charge in [-0.05, 0) is 73.1 Å². The third-order valence-corrected chi connectivity index (χ3v) is 6.08. The number of carbonyl (C=O) groups excluding carboxylic acids is 1. The molecule has 1 aliphatic rings. The van der Waals surface area contributed by atoms with E-state index in [1.54, 1.807) is 12.4 Å². The highest BCUT2D eigenvalue weighted by molar-refractivity contribution is 5.84. The van der Waals surface area contributed by atoms with Gasteiger partial charge < -0.3 is 20.1 Å². The van der Waals surface area contributed by atoms with Crippen LogP contribution < -0.4 is 15.0 Å². The van der Waals surface area contributed by atoms with Gasteiger partial charge in [0.25, 0.3) is 0 Å². The molecule has 0 fully saturated rings. The number of aliphatic carboxylic acids is 1. The van der Waals surface area contributed by atoms with E-state index in [9.17, 15) is 9.59 Å². The van der Waals surface area contributed by atoms with Crippen LogP contribution in [0.3, 0.4) is 0 Å². The smallest absolute Gasteiger partial charge is 0.341 e. The van der Waals surface area contributed by atoms with E-state index in [4.69, 9.17) is 9.84 Å². The van der Waals surface area contributed by atoms with Crippen LogP contribution in [0.25, 0.3) is 0 Å². The van der Waals surface area contributed by atoms with Gasteiger partial charge in [-0.2, -0.15) is 0 Å². The highest BCUT2D eigenvalue weighted by atomic mass is 16.5. The Bertz CT molecular complexity index is 1070. The van der Waals surface area contributed by atoms with Crippen LogP contribution in [0.15, 0.2) is 73.1 Å². The molecule has 0 saturated carbocycles. The number of amides is 1. The molecule has 1 amide bonds. The highest BCUT2D eigenvalue weighted by Gasteiger charge is 2.23. The Labute approximate surface area is 199 Å². The molecule has 2 aromatic carbocycles. The van der Waals surface area contributed by atoms with Gasteiger partial charge >= 0.3 is 5.97 Å². The number of carboxylic acids is 1. The van der Waals surface area contributed by atoms with E-state index >= 15 is 0 Å². The molecule has 0 spiro atoms. The van der Waals surface area contributed by atoms with Crippen molar-refractivity contribution in [3.05, 3.63) is 84.2 Å². The lowest BCUT2D eigenvalue weighted by Gasteiger charge is -2.27. The average Bonchev–Trinajstić information content (AvgIpc) is 2.87. The number of hydrogen-bond acceptors (Lipinski definition) is 5. The van der Waals surface area contributed by atoms with Crippen molar-refractivity contribution in [2.24, 2.45) is 0 Å². The lowest BCUT2D eigenvalue weighted by Crippen LogP contribution is -2.36. The normalized spacial score (nSPS) is 14.6. The van der Waals surface area contributed by atoms with Gasteiger partial charge in [0.2, 0.25) is 5.91 Å². The van der Waals surface area contributed by atoms with Crippen molar-refractivity contribution in [2.45, 2.75) is 31.6 Å². The summed E-state index contributed by atoms with van der Waals surface area (Å²) >= 11 is 0. The van der Waals surface area contributed by atoms with Crippen LogP contribution >= 0.6 is 0 Å². The van der Waals surface area contributed by atoms with Gasteiger partial charge in [0, 0.05) is 18.4 Å². The van der Waals surface area contributed by atoms with Gasteiger partial charge in [-0.1, -0.05) is 30.3 Å². The summed E-state index contributed by atoms with van der Waals surface area (Å²) in [5.74, 6) is -0.0737. The first-order valence-corrected chi connectivity index (χ1v) is 11.6. The maximum absolute atomic E-state index is 12.8. The topological polar surface area (TPSA) is 91.8 Å². The maximum Gasteiger partial charge on any atom is 0.341 e. The van der Waals surface area contributed by atoms with Crippen LogP contribution in [0, 0.1) is 0 Å². The van der Waals surface area contributed by atoms with E-state index in [-0.39, 0.29) is 19.1 Å². The Hall–Kier alpha value is -3.87. The second-order valence-electron chi connectivity index (χ2n) is 8.37. The van der Waals surface area contributed by atoms with Gasteiger partial charge in [-0.3, -0.25) is 9.78 Å². The number of carboxylic acid groups (broad SMARTS) is 1. The van der Waals surface area contributed by atoms with Gasteiger partial charge in [-0.15, -0.1) is 0 Å². The fourth-order valence-electron chi connectivity index (χ4n) is 4.53. The molecule has 3 aromatic rings. The minimum absolute atomic E-state index is 0.0534. The largest absolute Gasteiger partial charge is 0.482 e. The van der Waals surface area contributed by atoms with E-state index in [0.29, 0.717) is 18.2 Å². The molecule has 34 heavy (non-hydrogen) atoms. The number of aromatic nitrogens is 1. The number of carbonyl (C=O) groups is 2. The molecule has 0 aliphatic heterocycles. The monoisotopic (exact) mass is 459 g/mol. The quantitative estimate of drug-likeness (QED) is 0.469. The van der Waals surface area contributed by atoms with Gasteiger partial charge in [0.05, 0.1) is 11.9 Å². The number of ether oxygens (including phenoxy) is 1. The molecule has 1 heterocycles. The minimum atomic E-state index is -0.983. The molecule has 0 saturated heterocycles. The van der Waals surface area contributed by atoms with Gasteiger partial charge in [0.15, 0.2) is 6.61 Å². The number of rotatable bonds is 10. The maximum atomic E-state index is 12.8. The summed E-state index contributed by atoms with van der Waals surface area (Å²) in [4.78, 5) is 29.9. The number of nitrogens with zero attached hydrogens (tertiary/aromatic N) is 2. The van der Waals surface area contributed by atoms with E-state index in [1.807, 2.05) is 59.5 Å². The van der Waals surface area contributed by atoms with Crippen LogP contribution in [0.1, 0.15) is 36.3 Å². The zero-order valence-electron chi connectivity index (χ0n) is 19.0. The summed E-state index contributed by atoms with van der Waals surface area (Å²) < 4.78 is 5.50. The van der Waals surface area contributed by atoms with Crippen molar-refractivity contribution in [2.75, 3.05) is 24.6 Å². The standard InChI is InChI=1S/C27H29N3O4/c31-26(18-30(21-8-2-1-3-9-21)22-10-6-15-28-17-22)29-16-14-20-7-4-12-24-23(20)11-5-13-25(24)34-19-27(32)33/h1-3,5-6,8-11,13,15,17,20H,4,7,12,14,16,18-19H2,(H,29,31)(H,32,33). The summed E-state index contributed by atoms with van der Waals surface area (Å²) in [6.45, 7) is 0.426. The zero-order valence-corrected chi connectivity index (χ0v) is 19.0. The first kappa shape index (κ1) is 23.3. The van der Waals surface area contributed by atoms with Crippen molar-refractivity contribution in [3.63, 3.8) is 0 Å². The number of para-hydroxylation sites is 1. The Kier molecular flexibility index (Phi) is 7.75. The molecular formula is C27H29N3O4. The van der Waals surface area contributed by atoms with Crippen LogP contribution in [0.4, 0.5) is 11.4 Å². The fourth-order valence-corrected chi connectivity index (χ4v) is 4.53. The molecule has 2 N–H and O–H groups in total. The number of hydrogen-bond donors (Lipinski definition) is 2. The van der Waals surface area contributed by atoms with Crippen LogP contribution in [-0.4, -0.2) is 41.7 Å². The first-order valence-electron chi connectivity index (χ1n) is 11.6. The molecule has 7 heteroatoms. The molecule has 1 atom stereocenters. The van der Waals surface area contributed by atoms with E-state index in [2.05, 4.69) is 16.4 Å². The summed E-state index contributed by atoms with van der Waals surface area (Å²) in [6, 6.07) is 19.4. The molecule has 7 nitrogen and oxygen atoms in total. The predicted molar refractivity (Wildman–Crippen MR) is 131 cm³/mol. The summed E-state index contributed by atoms with van der Waals surface area (Å²) in [5.41, 5.74) is 4.09. The predicted octanol–water partition coefficient (Wildman–Crippen LogP) is 4.31. The molecule has 4 rings (SSSR count). The van der Waals surface area contributed by atoms with Crippen molar-refractivity contribution < 1.29 is 19.4 Å². The number of pyridine rings is 1. The molecule has 0 radical (unpaired) electrons. The average molecular weight is 460 g/mol. The van der Waals surface area contributed by atoms with Crippen LogP contribution in [0.5, 0.6) is 5.75 Å². The van der Waals surface area contributed by atoms with E-state index in [0.717, 1.165) is 42.6 Å². The Morgan fingerprint density at radius 2 is 1.88 bits per heavy atom. The number of anilines is 2. The number of benzene rings is 2. The van der Waals surface area contributed by atoms with Gasteiger partial charge in [0.1, 0.15) is 12.3 Å². The van der Waals surface area contributed by atoms with Gasteiger partial charge in [-0.25, -0.2) is 4.79 Å². The number of fused-ring (bicyclic) bond motifs is 1. The minimum Gasteiger partial charge on any atom is -0.482 e. The second-order valence-corrected chi connectivity index (χ2v) is 8.37. The number of nitrogens with one attached hydrogen (secondary N) is 1. The molecular weight excluding hydrogens is 430 g/mol. The molecule has 176 valence electrons. The third kappa shape index (κ3) is 5.92. The molecule has 1 unspecified atom stereocenters. The fraction of sp³-hybridized carbons (Fsp3) is 0.296. The lowest BCUT2D eigenvalue weighted by atomic mass is 9.80. The van der Waals surface area contributed by atoms with Crippen molar-refractivity contribution in [3.8, 4) is 5.75 Å². The zero-order chi connectivity index (χ0) is 23.8. The lowest BCUT2D eigenvalue weighted by molar-refractivity contribution is -0.139. The van der Waals surface area contributed by atoms with E-state index in [1.165, 1.54) is 5.56 Å². The Balaban J connectivity index is 1.37. The van der Waals surface area contributed by atoms with Crippen LogP contribution in [-0.2, 0) is 16.0 Å². The summed E-state index contributed by atoms with van der Waals surface area (Å²) in [6.07, 6.45) is 7.22. The molecule has 0 bridgehead atoms. The Morgan fingerprint density at radius 3 is 2.65 bits per heavy atom. The van der Waals surface area contributed by atoms with Crippen LogP contribution in [0.2, 0.25) is 0 Å². The SMILES string of the molecule is O=C(O)COc1cccc2c1CCCC2CCNC(=O)CN(c1ccccc1)c1cccnc1. The van der Waals surface area contributed by atoms with E-state index < -0.39 is 5.97 Å². The molecule has 1 aliphatic carbocycles. The van der Waals surface area contributed by atoms with Crippen molar-refractivity contribution >= 4 is 23.3 Å². The summed E-state index contributed by atoms with van der Waals surface area (Å²) in [7, 11) is 0. The van der Waals surface area contributed by atoms with Crippen molar-refractivity contribution in [1.82, 2.24) is 10.3 Å².